The van der Waals surface area contributed by atoms with Gasteiger partial charge in [0.25, 0.3) is 0 Å². The van der Waals surface area contributed by atoms with Crippen molar-refractivity contribution in [3.05, 3.63) is 0 Å². The molecule has 4 nitrogen and oxygen atoms in total. The zero-order valence-corrected chi connectivity index (χ0v) is 8.46. The molecule has 0 saturated heterocycles. The summed E-state index contributed by atoms with van der Waals surface area (Å²) in [6.07, 6.45) is 0. The van der Waals surface area contributed by atoms with Crippen LogP contribution in [0.15, 0.2) is 0 Å². The summed E-state index contributed by atoms with van der Waals surface area (Å²) in [6.45, 7) is 0. The molecular formula is H11CaF6O4P. The van der Waals surface area contributed by atoms with Crippen molar-refractivity contribution in [3.8, 4) is 0 Å². The number of hydrogen-bond donors (Lipinski definition) is 3. The zero-order chi connectivity index (χ0) is 4.50. The van der Waals surface area contributed by atoms with E-state index in [2.05, 4.69) is 0 Å². The summed E-state index contributed by atoms with van der Waals surface area (Å²) in [6, 6.07) is 0. The quantitative estimate of drug-likeness (QED) is 0.321. The molecule has 0 amide bonds. The van der Waals surface area contributed by atoms with E-state index in [1.165, 1.54) is 0 Å². The molecule has 0 aromatic heterocycles. The predicted molar refractivity (Wildman–Crippen MR) is 37.3 cm³/mol. The summed E-state index contributed by atoms with van der Waals surface area (Å²) in [4.78, 5) is 21.6. The van der Waals surface area contributed by atoms with E-state index in [1.54, 1.807) is 0 Å². The van der Waals surface area contributed by atoms with Gasteiger partial charge in [-0.25, -0.2) is 4.57 Å². The molecule has 0 heterocycles. The van der Waals surface area contributed by atoms with Gasteiger partial charge in [0, 0.05) is 0 Å². The largest absolute Gasteiger partial charge is 2.00 e. The first-order chi connectivity index (χ1) is 2.00. The number of phosphoric acid groups is 1. The first kappa shape index (κ1) is 75.5. The molecule has 84 valence electrons. The molecule has 0 unspecified atom stereocenters. The van der Waals surface area contributed by atoms with Gasteiger partial charge in [-0.3, -0.25) is 28.2 Å². The van der Waals surface area contributed by atoms with Crippen LogP contribution in [-0.4, -0.2) is 52.4 Å². The normalized spacial score (nSPS) is 4.92. The van der Waals surface area contributed by atoms with Gasteiger partial charge in [0.05, 0.1) is 0 Å². The third kappa shape index (κ3) is 1200. The van der Waals surface area contributed by atoms with Crippen molar-refractivity contribution in [2.45, 2.75) is 0 Å². The van der Waals surface area contributed by atoms with Gasteiger partial charge in [-0.2, -0.15) is 0 Å². The molecule has 0 aliphatic heterocycles. The maximum atomic E-state index is 8.88. The summed E-state index contributed by atoms with van der Waals surface area (Å²) in [5, 5.41) is 0. The Kier molecular flexibility index (Phi) is 187. The molecule has 0 rings (SSSR count). The molecule has 12 heteroatoms. The standard InChI is InChI=1S/Ca.6FH.H3O4P.2H/c;;;;;;;1-5(2,3)4;;/h;6*1H;(H3,1,2,3,4);;/q+2;;;;;;;;2*-1. The van der Waals surface area contributed by atoms with E-state index >= 15 is 0 Å². The minimum Gasteiger partial charge on any atom is -1.00 e. The van der Waals surface area contributed by atoms with Crippen LogP contribution in [0.5, 0.6) is 0 Å². The van der Waals surface area contributed by atoms with Crippen LogP contribution in [0.3, 0.4) is 0 Å². The van der Waals surface area contributed by atoms with Crippen molar-refractivity contribution in [1.29, 1.82) is 0 Å². The molecule has 0 radical (unpaired) electrons. The monoisotopic (exact) mass is 260 g/mol. The molecule has 0 aromatic carbocycles. The molecule has 0 spiro atoms. The van der Waals surface area contributed by atoms with Crippen molar-refractivity contribution in [3.63, 3.8) is 0 Å². The maximum absolute atomic E-state index is 8.88. The minimum atomic E-state index is -4.64. The summed E-state index contributed by atoms with van der Waals surface area (Å²) < 4.78 is 8.88. The van der Waals surface area contributed by atoms with Crippen molar-refractivity contribution in [1.82, 2.24) is 0 Å². The maximum Gasteiger partial charge on any atom is 2.00 e. The van der Waals surface area contributed by atoms with E-state index in [-0.39, 0.29) is 68.8 Å². The second-order valence-corrected chi connectivity index (χ2v) is 1.54. The first-order valence-corrected chi connectivity index (χ1v) is 2.35. The molecule has 0 saturated carbocycles. The summed E-state index contributed by atoms with van der Waals surface area (Å²) in [5.74, 6) is 0. The fourth-order valence-electron chi connectivity index (χ4n) is 0. The number of hydrogen-bond acceptors (Lipinski definition) is 1. The van der Waals surface area contributed by atoms with Crippen LogP contribution < -0.4 is 0 Å². The Hall–Kier alpha value is 0.950. The van der Waals surface area contributed by atoms with E-state index in [0.717, 1.165) is 0 Å². The van der Waals surface area contributed by atoms with Crippen LogP contribution >= 0.6 is 7.82 Å². The second kappa shape index (κ2) is 29.7. The van der Waals surface area contributed by atoms with Crippen LogP contribution in [0.25, 0.3) is 0 Å². The molecule has 0 bridgehead atoms. The number of rotatable bonds is 0. The third-order valence-electron chi connectivity index (χ3n) is 0. The van der Waals surface area contributed by atoms with Gasteiger partial charge in [0.2, 0.25) is 0 Å². The van der Waals surface area contributed by atoms with Gasteiger partial charge in [-0.1, -0.05) is 0 Å². The smallest absolute Gasteiger partial charge is 1.00 e. The number of halogens is 6. The van der Waals surface area contributed by atoms with E-state index in [1.807, 2.05) is 0 Å². The topological polar surface area (TPSA) is 77.8 Å². The zero-order valence-electron chi connectivity index (χ0n) is 7.35. The Morgan fingerprint density at radius 3 is 0.750 bits per heavy atom. The average molecular weight is 260 g/mol. The first-order valence-electron chi connectivity index (χ1n) is 0.783. The van der Waals surface area contributed by atoms with Crippen molar-refractivity contribution >= 4 is 45.6 Å². The predicted octanol–water partition coefficient (Wildman–Crippen LogP) is -0.169. The fraction of sp³-hybridized carbons (Fsp3) is 0. The molecule has 0 atom stereocenters. The average Bonchev–Trinajstić information content (AvgIpc) is 0.722. The Bertz CT molecular complexity index is 74.0. The Morgan fingerprint density at radius 2 is 0.750 bits per heavy atom. The Labute approximate surface area is 95.8 Å². The minimum absolute atomic E-state index is 0. The molecule has 0 aromatic rings. The van der Waals surface area contributed by atoms with Crippen LogP contribution in [0, 0.1) is 0 Å². The van der Waals surface area contributed by atoms with Crippen molar-refractivity contribution in [2.75, 3.05) is 0 Å². The fourth-order valence-corrected chi connectivity index (χ4v) is 0. The van der Waals surface area contributed by atoms with Gasteiger partial charge in [-0.15, -0.1) is 0 Å². The SMILES string of the molecule is F.F.F.F.F.F.O=P(O)(O)O.[Ca+2].[H-].[H-]. The van der Waals surface area contributed by atoms with Gasteiger partial charge >= 0.3 is 45.6 Å². The summed E-state index contributed by atoms with van der Waals surface area (Å²) in [5.41, 5.74) is 0. The van der Waals surface area contributed by atoms with Crippen LogP contribution in [0.2, 0.25) is 0 Å². The van der Waals surface area contributed by atoms with Gasteiger partial charge in [0.15, 0.2) is 0 Å². The van der Waals surface area contributed by atoms with E-state index < -0.39 is 7.82 Å². The van der Waals surface area contributed by atoms with E-state index in [4.69, 9.17) is 19.2 Å². The molecule has 12 heavy (non-hydrogen) atoms. The third-order valence-corrected chi connectivity index (χ3v) is 0. The van der Waals surface area contributed by atoms with Crippen molar-refractivity contribution < 1.29 is 50.3 Å². The van der Waals surface area contributed by atoms with Crippen LogP contribution in [0.1, 0.15) is 2.85 Å². The van der Waals surface area contributed by atoms with E-state index in [9.17, 15) is 0 Å². The molecule has 3 N–H and O–H groups in total. The van der Waals surface area contributed by atoms with Gasteiger partial charge in [-0.05, 0) is 0 Å². The van der Waals surface area contributed by atoms with Crippen LogP contribution in [0.4, 0.5) is 28.2 Å². The molecule has 0 aliphatic carbocycles. The Balaban J connectivity index is -0.00000000222. The molecular weight excluding hydrogens is 249 g/mol. The van der Waals surface area contributed by atoms with Crippen molar-refractivity contribution in [2.24, 2.45) is 0 Å². The van der Waals surface area contributed by atoms with Crippen LogP contribution in [-0.2, 0) is 4.57 Å². The second-order valence-electron chi connectivity index (χ2n) is 0.513. The Morgan fingerprint density at radius 1 is 0.750 bits per heavy atom. The van der Waals surface area contributed by atoms with Gasteiger partial charge in [0.1, 0.15) is 0 Å². The van der Waals surface area contributed by atoms with E-state index in [0.29, 0.717) is 0 Å². The molecule has 0 fully saturated rings. The molecule has 0 aliphatic rings. The summed E-state index contributed by atoms with van der Waals surface area (Å²) >= 11 is 0. The summed E-state index contributed by atoms with van der Waals surface area (Å²) in [7, 11) is -4.64. The van der Waals surface area contributed by atoms with Gasteiger partial charge < -0.3 is 17.5 Å².